The molecule has 0 unspecified atom stereocenters. The summed E-state index contributed by atoms with van der Waals surface area (Å²) in [6.45, 7) is 2.74. The Labute approximate surface area is 215 Å². The van der Waals surface area contributed by atoms with E-state index in [2.05, 4.69) is 15.3 Å². The summed E-state index contributed by atoms with van der Waals surface area (Å²) < 4.78 is 15.1. The van der Waals surface area contributed by atoms with E-state index in [0.29, 0.717) is 17.0 Å². The molecule has 0 aliphatic rings. The maximum Gasteiger partial charge on any atom is 0.348 e. The molecule has 0 saturated heterocycles. The van der Waals surface area contributed by atoms with Crippen LogP contribution in [0.15, 0.2) is 48.5 Å². The first-order chi connectivity index (χ1) is 17.8. The number of ether oxygens (including phenoxy) is 3. The van der Waals surface area contributed by atoms with E-state index in [-0.39, 0.29) is 27.6 Å². The lowest BCUT2D eigenvalue weighted by Gasteiger charge is -2.09. The highest BCUT2D eigenvalue weighted by Gasteiger charge is 2.27. The molecule has 4 rings (SSSR count). The Morgan fingerprint density at radius 2 is 1.70 bits per heavy atom. The summed E-state index contributed by atoms with van der Waals surface area (Å²) in [4.78, 5) is 57.9. The van der Waals surface area contributed by atoms with Crippen LogP contribution in [0, 0.1) is 6.92 Å². The molecule has 0 radical (unpaired) electrons. The number of amides is 1. The molecule has 0 aliphatic heterocycles. The normalized spacial score (nSPS) is 10.7. The van der Waals surface area contributed by atoms with Crippen LogP contribution in [0.25, 0.3) is 22.4 Å². The van der Waals surface area contributed by atoms with E-state index < -0.39 is 30.4 Å². The molecule has 190 valence electrons. The third-order valence-corrected chi connectivity index (χ3v) is 6.56. The standard InChI is InChI=1S/C26H23N3O7S/c1-4-35-26(33)21-14(2)20(25(32)34-3)23(37-21)29-19(30)13-36-24(31)16-10-6-5-9-15(16)22-27-17-11-7-8-12-18(17)28-22/h5-12H,4,13H2,1-3H3,(H,27,28)(H,29,30). The highest BCUT2D eigenvalue weighted by Crippen LogP contribution is 2.34. The number of aromatic amines is 1. The van der Waals surface area contributed by atoms with Gasteiger partial charge in [-0.05, 0) is 37.6 Å². The van der Waals surface area contributed by atoms with Gasteiger partial charge >= 0.3 is 17.9 Å². The van der Waals surface area contributed by atoms with E-state index in [0.717, 1.165) is 22.4 Å². The summed E-state index contributed by atoms with van der Waals surface area (Å²) in [5.41, 5.74) is 2.66. The minimum atomic E-state index is -0.728. The minimum absolute atomic E-state index is 0.0328. The van der Waals surface area contributed by atoms with E-state index in [1.54, 1.807) is 38.1 Å². The lowest BCUT2D eigenvalue weighted by molar-refractivity contribution is -0.119. The Bertz CT molecular complexity index is 1470. The number of anilines is 1. The van der Waals surface area contributed by atoms with Crippen LogP contribution in [0.4, 0.5) is 5.00 Å². The van der Waals surface area contributed by atoms with Gasteiger partial charge in [0, 0.05) is 5.56 Å². The fourth-order valence-electron chi connectivity index (χ4n) is 3.66. The van der Waals surface area contributed by atoms with Crippen molar-refractivity contribution in [2.75, 3.05) is 25.6 Å². The number of fused-ring (bicyclic) bond motifs is 1. The lowest BCUT2D eigenvalue weighted by Crippen LogP contribution is -2.22. The first-order valence-electron chi connectivity index (χ1n) is 11.2. The molecule has 0 atom stereocenters. The zero-order chi connectivity index (χ0) is 26.5. The fraction of sp³-hybridized carbons (Fsp3) is 0.192. The van der Waals surface area contributed by atoms with Gasteiger partial charge in [0.05, 0.1) is 35.9 Å². The average Bonchev–Trinajstić information content (AvgIpc) is 3.48. The maximum absolute atomic E-state index is 12.9. The molecule has 2 aromatic heterocycles. The van der Waals surface area contributed by atoms with Gasteiger partial charge in [0.1, 0.15) is 15.7 Å². The van der Waals surface area contributed by atoms with Gasteiger partial charge in [-0.2, -0.15) is 0 Å². The van der Waals surface area contributed by atoms with Crippen LogP contribution in [-0.4, -0.2) is 54.1 Å². The second kappa shape index (κ2) is 11.0. The van der Waals surface area contributed by atoms with Crippen molar-refractivity contribution in [2.45, 2.75) is 13.8 Å². The van der Waals surface area contributed by atoms with Crippen molar-refractivity contribution in [3.05, 3.63) is 70.1 Å². The van der Waals surface area contributed by atoms with Gasteiger partial charge in [-0.3, -0.25) is 4.79 Å². The molecule has 0 saturated carbocycles. The predicted molar refractivity (Wildman–Crippen MR) is 137 cm³/mol. The number of nitrogens with one attached hydrogen (secondary N) is 2. The second-order valence-corrected chi connectivity index (χ2v) is 8.77. The zero-order valence-corrected chi connectivity index (χ0v) is 21.1. The molecule has 0 bridgehead atoms. The summed E-state index contributed by atoms with van der Waals surface area (Å²) in [7, 11) is 1.19. The van der Waals surface area contributed by atoms with Crippen molar-refractivity contribution in [3.63, 3.8) is 0 Å². The van der Waals surface area contributed by atoms with Crippen molar-refractivity contribution >= 4 is 51.2 Å². The Morgan fingerprint density at radius 1 is 0.973 bits per heavy atom. The van der Waals surface area contributed by atoms with E-state index in [9.17, 15) is 19.2 Å². The van der Waals surface area contributed by atoms with Crippen LogP contribution in [0.1, 0.15) is 42.9 Å². The largest absolute Gasteiger partial charge is 0.465 e. The van der Waals surface area contributed by atoms with Crippen molar-refractivity contribution < 1.29 is 33.4 Å². The summed E-state index contributed by atoms with van der Waals surface area (Å²) in [6, 6.07) is 14.2. The van der Waals surface area contributed by atoms with E-state index >= 15 is 0 Å². The number of nitrogens with zero attached hydrogens (tertiary/aromatic N) is 1. The molecule has 11 heteroatoms. The highest BCUT2D eigenvalue weighted by molar-refractivity contribution is 7.18. The Morgan fingerprint density at radius 3 is 2.43 bits per heavy atom. The van der Waals surface area contributed by atoms with E-state index in [1.165, 1.54) is 7.11 Å². The summed E-state index contributed by atoms with van der Waals surface area (Å²) >= 11 is 0.878. The molecule has 0 spiro atoms. The number of carbonyl (C=O) groups excluding carboxylic acids is 4. The van der Waals surface area contributed by atoms with Crippen LogP contribution < -0.4 is 5.32 Å². The molecular formula is C26H23N3O7S. The number of rotatable bonds is 8. The number of methoxy groups -OCH3 is 1. The van der Waals surface area contributed by atoms with E-state index in [4.69, 9.17) is 14.2 Å². The number of benzene rings is 2. The molecule has 10 nitrogen and oxygen atoms in total. The smallest absolute Gasteiger partial charge is 0.348 e. The van der Waals surface area contributed by atoms with Crippen LogP contribution in [0.3, 0.4) is 0 Å². The van der Waals surface area contributed by atoms with Crippen molar-refractivity contribution in [1.82, 2.24) is 9.97 Å². The van der Waals surface area contributed by atoms with Gasteiger partial charge in [-0.25, -0.2) is 19.4 Å². The molecule has 0 aliphatic carbocycles. The van der Waals surface area contributed by atoms with Gasteiger partial charge in [0.2, 0.25) is 0 Å². The predicted octanol–water partition coefficient (Wildman–Crippen LogP) is 4.36. The molecule has 1 amide bonds. The molecule has 37 heavy (non-hydrogen) atoms. The number of thiophene rings is 1. The quantitative estimate of drug-likeness (QED) is 0.258. The van der Waals surface area contributed by atoms with Crippen LogP contribution in [0.2, 0.25) is 0 Å². The van der Waals surface area contributed by atoms with Gasteiger partial charge in [0.25, 0.3) is 5.91 Å². The summed E-state index contributed by atoms with van der Waals surface area (Å²) in [6.07, 6.45) is 0. The van der Waals surface area contributed by atoms with Crippen LogP contribution in [-0.2, 0) is 19.0 Å². The molecule has 2 N–H and O–H groups in total. The maximum atomic E-state index is 12.9. The number of H-pyrrole nitrogens is 1. The average molecular weight is 522 g/mol. The molecule has 2 aromatic carbocycles. The SMILES string of the molecule is CCOC(=O)c1sc(NC(=O)COC(=O)c2ccccc2-c2nc3ccccc3[nH]2)c(C(=O)OC)c1C. The number of hydrogen-bond donors (Lipinski definition) is 2. The van der Waals surface area contributed by atoms with Crippen LogP contribution in [0.5, 0.6) is 0 Å². The number of imidazole rings is 1. The second-order valence-electron chi connectivity index (χ2n) is 7.74. The number of para-hydroxylation sites is 2. The van der Waals surface area contributed by atoms with Crippen LogP contribution >= 0.6 is 11.3 Å². The van der Waals surface area contributed by atoms with E-state index in [1.807, 2.05) is 24.3 Å². The monoisotopic (exact) mass is 521 g/mol. The molecular weight excluding hydrogens is 498 g/mol. The fourth-order valence-corrected chi connectivity index (χ4v) is 4.77. The van der Waals surface area contributed by atoms with Gasteiger partial charge in [-0.15, -0.1) is 11.3 Å². The first-order valence-corrected chi connectivity index (χ1v) is 12.1. The summed E-state index contributed by atoms with van der Waals surface area (Å²) in [5.74, 6) is -2.28. The number of esters is 3. The Kier molecular flexibility index (Phi) is 7.63. The van der Waals surface area contributed by atoms with Gasteiger partial charge < -0.3 is 24.5 Å². The van der Waals surface area contributed by atoms with Crippen molar-refractivity contribution in [3.8, 4) is 11.4 Å². The lowest BCUT2D eigenvalue weighted by atomic mass is 10.1. The molecule has 2 heterocycles. The zero-order valence-electron chi connectivity index (χ0n) is 20.2. The van der Waals surface area contributed by atoms with Gasteiger partial charge in [-0.1, -0.05) is 30.3 Å². The molecule has 0 fully saturated rings. The molecule has 4 aromatic rings. The first kappa shape index (κ1) is 25.6. The Hall–Kier alpha value is -4.51. The van der Waals surface area contributed by atoms with Crippen molar-refractivity contribution in [2.24, 2.45) is 0 Å². The minimum Gasteiger partial charge on any atom is -0.465 e. The third-order valence-electron chi connectivity index (χ3n) is 5.38. The summed E-state index contributed by atoms with van der Waals surface area (Å²) in [5, 5.41) is 2.62. The third kappa shape index (κ3) is 5.36. The topological polar surface area (TPSA) is 137 Å². The highest BCUT2D eigenvalue weighted by atomic mass is 32.1. The Balaban J connectivity index is 1.50. The number of aromatic nitrogens is 2. The number of hydrogen-bond acceptors (Lipinski definition) is 9. The van der Waals surface area contributed by atoms with Crippen molar-refractivity contribution in [1.29, 1.82) is 0 Å². The number of carbonyl (C=O) groups is 4. The van der Waals surface area contributed by atoms with Gasteiger partial charge in [0.15, 0.2) is 6.61 Å².